The summed E-state index contributed by atoms with van der Waals surface area (Å²) in [5.41, 5.74) is 3.87. The molecule has 3 aromatic carbocycles. The average molecular weight is 583 g/mol. The lowest BCUT2D eigenvalue weighted by molar-refractivity contribution is -0.117. The number of piperidine rings is 1. The highest BCUT2D eigenvalue weighted by atomic mass is 16.6. The highest BCUT2D eigenvalue weighted by Gasteiger charge is 2.29. The van der Waals surface area contributed by atoms with Crippen molar-refractivity contribution in [2.24, 2.45) is 0 Å². The molecule has 3 aromatic rings. The third-order valence-electron chi connectivity index (χ3n) is 7.91. The number of ether oxygens (including phenoxy) is 1. The van der Waals surface area contributed by atoms with Gasteiger partial charge in [-0.25, -0.2) is 14.8 Å². The molecule has 43 heavy (non-hydrogen) atoms. The fourth-order valence-electron chi connectivity index (χ4n) is 5.73. The van der Waals surface area contributed by atoms with E-state index in [4.69, 9.17) is 4.74 Å². The molecule has 9 nitrogen and oxygen atoms in total. The summed E-state index contributed by atoms with van der Waals surface area (Å²) in [5.74, 6) is -0.284. The highest BCUT2D eigenvalue weighted by Crippen LogP contribution is 2.33. The monoisotopic (exact) mass is 582 g/mol. The van der Waals surface area contributed by atoms with Crippen LogP contribution in [-0.2, 0) is 9.53 Å². The van der Waals surface area contributed by atoms with Gasteiger partial charge in [-0.2, -0.15) is 0 Å². The zero-order chi connectivity index (χ0) is 30.2. The van der Waals surface area contributed by atoms with E-state index in [2.05, 4.69) is 11.7 Å². The van der Waals surface area contributed by atoms with Crippen LogP contribution in [0.2, 0.25) is 0 Å². The van der Waals surface area contributed by atoms with E-state index in [0.717, 1.165) is 49.0 Å². The van der Waals surface area contributed by atoms with Gasteiger partial charge in [0.25, 0.3) is 5.91 Å². The third kappa shape index (κ3) is 7.24. The van der Waals surface area contributed by atoms with Crippen molar-refractivity contribution in [3.63, 3.8) is 0 Å². The van der Waals surface area contributed by atoms with Crippen LogP contribution in [0.15, 0.2) is 78.9 Å². The standard InChI is InChI=1S/C34H40N5O4/c1-26(40)38(32-19-12-20-35-32)29-16-11-15-28(25-29)33(41)36(2)23-24-43-34(42)39(37-21-9-4-10-22-37)31-18-8-7-17-30(31)27-13-5-3-6-14-27/h3-8,11,13-18,25,32,35H,9-10,12,19-24H2,1-2H3. The fourth-order valence-corrected chi connectivity index (χ4v) is 5.73. The number of nitrogens with one attached hydrogen (secondary N) is 1. The Balaban J connectivity index is 1.27. The van der Waals surface area contributed by atoms with Gasteiger partial charge in [-0.05, 0) is 68.5 Å². The van der Waals surface area contributed by atoms with E-state index in [1.807, 2.05) is 65.7 Å². The molecular weight excluding hydrogens is 542 g/mol. The lowest BCUT2D eigenvalue weighted by atomic mass is 10.0. The number of benzene rings is 3. The molecule has 1 radical (unpaired) electrons. The Morgan fingerprint density at radius 2 is 1.70 bits per heavy atom. The maximum absolute atomic E-state index is 13.7. The molecule has 2 saturated heterocycles. The maximum Gasteiger partial charge on any atom is 0.429 e. The zero-order valence-corrected chi connectivity index (χ0v) is 24.9. The first-order valence-corrected chi connectivity index (χ1v) is 15.0. The average Bonchev–Trinajstić information content (AvgIpc) is 3.56. The summed E-state index contributed by atoms with van der Waals surface area (Å²) >= 11 is 0. The van der Waals surface area contributed by atoms with Crippen LogP contribution in [0.4, 0.5) is 16.2 Å². The van der Waals surface area contributed by atoms with Crippen molar-refractivity contribution in [3.8, 4) is 11.1 Å². The second-order valence-corrected chi connectivity index (χ2v) is 10.9. The second kappa shape index (κ2) is 14.3. The van der Waals surface area contributed by atoms with Gasteiger partial charge in [-0.1, -0.05) is 54.6 Å². The quantitative estimate of drug-likeness (QED) is 0.366. The molecule has 3 amide bonds. The molecule has 0 bridgehead atoms. The van der Waals surface area contributed by atoms with Gasteiger partial charge in [0.1, 0.15) is 6.61 Å². The van der Waals surface area contributed by atoms with Crippen LogP contribution in [0.3, 0.4) is 0 Å². The minimum absolute atomic E-state index is 0.0380. The second-order valence-electron chi connectivity index (χ2n) is 10.9. The number of nitrogens with zero attached hydrogens (tertiary/aromatic N) is 4. The third-order valence-corrected chi connectivity index (χ3v) is 7.91. The SMILES string of the molecule is CC(=O)N(c1cccc(C(=O)N(C)CCOC(=O)N(c2ccccc2-c2ccccc2)N2CC[CH]CC2)c1)C1CCCN1. The molecule has 2 aliphatic heterocycles. The molecule has 225 valence electrons. The molecular formula is C34H40N5O4. The van der Waals surface area contributed by atoms with Crippen LogP contribution in [0.25, 0.3) is 11.1 Å². The fraction of sp³-hybridized carbons (Fsp3) is 0.353. The lowest BCUT2D eigenvalue weighted by Crippen LogP contribution is -2.50. The molecule has 0 saturated carbocycles. The van der Waals surface area contributed by atoms with Gasteiger partial charge in [0, 0.05) is 43.9 Å². The van der Waals surface area contributed by atoms with E-state index in [0.29, 0.717) is 24.3 Å². The van der Waals surface area contributed by atoms with Crippen LogP contribution in [-0.4, -0.2) is 73.8 Å². The molecule has 2 aliphatic rings. The smallest absolute Gasteiger partial charge is 0.429 e. The first-order valence-electron chi connectivity index (χ1n) is 15.0. The molecule has 1 N–H and O–H groups in total. The van der Waals surface area contributed by atoms with Crippen molar-refractivity contribution in [1.82, 2.24) is 15.2 Å². The topological polar surface area (TPSA) is 85.4 Å². The Bertz CT molecular complexity index is 1400. The summed E-state index contributed by atoms with van der Waals surface area (Å²) < 4.78 is 5.80. The van der Waals surface area contributed by atoms with E-state index in [1.54, 1.807) is 42.1 Å². The molecule has 2 fully saturated rings. The number of amides is 3. The number of hydrazine groups is 1. The first-order chi connectivity index (χ1) is 20.9. The Morgan fingerprint density at radius 1 is 0.953 bits per heavy atom. The maximum atomic E-state index is 13.7. The molecule has 0 aliphatic carbocycles. The molecule has 9 heteroatoms. The van der Waals surface area contributed by atoms with Gasteiger partial charge in [0.15, 0.2) is 0 Å². The van der Waals surface area contributed by atoms with Crippen LogP contribution in [0.5, 0.6) is 0 Å². The lowest BCUT2D eigenvalue weighted by Gasteiger charge is -2.37. The van der Waals surface area contributed by atoms with Crippen LogP contribution in [0, 0.1) is 6.42 Å². The number of hydrogen-bond acceptors (Lipinski definition) is 6. The number of hydrogen-bond donors (Lipinski definition) is 1. The van der Waals surface area contributed by atoms with Crippen molar-refractivity contribution < 1.29 is 19.1 Å². The van der Waals surface area contributed by atoms with Crippen molar-refractivity contribution in [3.05, 3.63) is 90.8 Å². The predicted octanol–water partition coefficient (Wildman–Crippen LogP) is 5.35. The molecule has 0 spiro atoms. The molecule has 1 unspecified atom stereocenters. The van der Waals surface area contributed by atoms with E-state index in [-0.39, 0.29) is 31.1 Å². The van der Waals surface area contributed by atoms with Crippen LogP contribution >= 0.6 is 0 Å². The Kier molecular flexibility index (Phi) is 10.1. The van der Waals surface area contributed by atoms with Crippen LogP contribution < -0.4 is 15.2 Å². The van der Waals surface area contributed by atoms with Crippen molar-refractivity contribution in [2.45, 2.75) is 38.8 Å². The molecule has 5 rings (SSSR count). The summed E-state index contributed by atoms with van der Waals surface area (Å²) in [7, 11) is 1.69. The molecule has 2 heterocycles. The normalized spacial score (nSPS) is 16.8. The minimum Gasteiger partial charge on any atom is -0.446 e. The summed E-state index contributed by atoms with van der Waals surface area (Å²) in [5, 5.41) is 7.03. The predicted molar refractivity (Wildman–Crippen MR) is 168 cm³/mol. The van der Waals surface area contributed by atoms with Gasteiger partial charge < -0.3 is 9.64 Å². The molecule has 1 atom stereocenters. The van der Waals surface area contributed by atoms with E-state index < -0.39 is 6.09 Å². The highest BCUT2D eigenvalue weighted by molar-refractivity contribution is 5.98. The van der Waals surface area contributed by atoms with Gasteiger partial charge in [-0.15, -0.1) is 0 Å². The number of rotatable bonds is 9. The van der Waals surface area contributed by atoms with Crippen molar-refractivity contribution in [1.29, 1.82) is 0 Å². The molecule has 0 aromatic heterocycles. The van der Waals surface area contributed by atoms with Crippen molar-refractivity contribution in [2.75, 3.05) is 49.7 Å². The van der Waals surface area contributed by atoms with Gasteiger partial charge in [-0.3, -0.25) is 19.8 Å². The minimum atomic E-state index is -0.478. The Morgan fingerprint density at radius 3 is 2.42 bits per heavy atom. The number of likely N-dealkylation sites (N-methyl/N-ethyl adjacent to an activating group) is 1. The van der Waals surface area contributed by atoms with E-state index >= 15 is 0 Å². The number of para-hydroxylation sites is 1. The van der Waals surface area contributed by atoms with Crippen molar-refractivity contribution >= 4 is 29.3 Å². The Labute approximate surface area is 254 Å². The van der Waals surface area contributed by atoms with E-state index in [1.165, 1.54) is 4.90 Å². The van der Waals surface area contributed by atoms with Gasteiger partial charge >= 0.3 is 6.09 Å². The zero-order valence-electron chi connectivity index (χ0n) is 24.9. The first kappa shape index (κ1) is 30.3. The van der Waals surface area contributed by atoms with Gasteiger partial charge in [0.2, 0.25) is 5.91 Å². The summed E-state index contributed by atoms with van der Waals surface area (Å²) in [6.07, 6.45) is 5.31. The number of anilines is 2. The van der Waals surface area contributed by atoms with Gasteiger partial charge in [0.05, 0.1) is 18.4 Å². The van der Waals surface area contributed by atoms with Crippen LogP contribution in [0.1, 0.15) is 43.0 Å². The number of carbonyl (C=O) groups is 3. The summed E-state index contributed by atoms with van der Waals surface area (Å²) in [6, 6.07) is 25.0. The Hall–Kier alpha value is -4.21. The summed E-state index contributed by atoms with van der Waals surface area (Å²) in [4.78, 5) is 42.7. The van der Waals surface area contributed by atoms with E-state index in [9.17, 15) is 14.4 Å². The number of carbonyl (C=O) groups excluding carboxylic acids is 3. The largest absolute Gasteiger partial charge is 0.446 e. The summed E-state index contributed by atoms with van der Waals surface area (Å²) in [6.45, 7) is 4.08.